The van der Waals surface area contributed by atoms with Crippen LogP contribution in [-0.2, 0) is 0 Å². The molecule has 1 N–H and O–H groups in total. The van der Waals surface area contributed by atoms with Crippen molar-refractivity contribution in [3.8, 4) is 16.9 Å². The number of para-hydroxylation sites is 1. The number of phenols is 1. The highest BCUT2D eigenvalue weighted by molar-refractivity contribution is 5.87. The summed E-state index contributed by atoms with van der Waals surface area (Å²) in [6, 6.07) is 14.3. The Morgan fingerprint density at radius 1 is 1.06 bits per heavy atom. The van der Waals surface area contributed by atoms with Gasteiger partial charge in [-0.2, -0.15) is 4.79 Å². The third kappa shape index (κ3) is 1.56. The van der Waals surface area contributed by atoms with Crippen molar-refractivity contribution in [3.63, 3.8) is 0 Å². The van der Waals surface area contributed by atoms with Crippen LogP contribution in [0.25, 0.3) is 22.0 Å². The minimum atomic E-state index is 0.230. The molecule has 0 amide bonds. The normalized spacial score (nSPS) is 11.0. The average molecular weight is 241 g/mol. The van der Waals surface area contributed by atoms with Gasteiger partial charge < -0.3 is 5.11 Å². The molecule has 1 aromatic heterocycles. The van der Waals surface area contributed by atoms with Gasteiger partial charge in [0.1, 0.15) is 5.75 Å². The van der Waals surface area contributed by atoms with Crippen molar-refractivity contribution in [2.75, 3.05) is 0 Å². The van der Waals surface area contributed by atoms with Crippen LogP contribution in [0.1, 0.15) is 5.69 Å². The lowest BCUT2D eigenvalue weighted by Crippen LogP contribution is -1.83. The van der Waals surface area contributed by atoms with Crippen molar-refractivity contribution in [1.29, 1.82) is 0 Å². The highest BCUT2D eigenvalue weighted by Gasteiger charge is 2.08. The summed E-state index contributed by atoms with van der Waals surface area (Å²) in [7, 11) is 0. The second-order valence-electron chi connectivity index (χ2n) is 4.36. The summed E-state index contributed by atoms with van der Waals surface area (Å²) >= 11 is 0. The molecule has 0 fully saturated rings. The maximum absolute atomic E-state index is 13.6. The zero-order valence-corrected chi connectivity index (χ0v) is 9.89. The van der Waals surface area contributed by atoms with E-state index < -0.39 is 0 Å². The van der Waals surface area contributed by atoms with E-state index >= 15 is 0 Å². The topological polar surface area (TPSA) is 25.2 Å². The van der Waals surface area contributed by atoms with Crippen LogP contribution in [0.3, 0.4) is 0 Å². The summed E-state index contributed by atoms with van der Waals surface area (Å²) in [4.78, 5) is 0.671. The number of aromatic nitrogens is 1. The molecule has 0 saturated carbocycles. The lowest BCUT2D eigenvalue weighted by Gasteiger charge is -2.04. The van der Waals surface area contributed by atoms with Gasteiger partial charge in [0.15, 0.2) is 0 Å². The van der Waals surface area contributed by atoms with Crippen LogP contribution < -0.4 is 0 Å². The van der Waals surface area contributed by atoms with Gasteiger partial charge in [0.2, 0.25) is 0 Å². The molecular formula is C15H12FNO. The van der Waals surface area contributed by atoms with Crippen LogP contribution in [0.5, 0.6) is 5.75 Å². The Bertz CT molecular complexity index is 730. The van der Waals surface area contributed by atoms with Crippen molar-refractivity contribution in [1.82, 2.24) is 4.79 Å². The van der Waals surface area contributed by atoms with Crippen molar-refractivity contribution < 1.29 is 9.59 Å². The Kier molecular flexibility index (Phi) is 2.33. The molecule has 0 aliphatic heterocycles. The Morgan fingerprint density at radius 3 is 2.61 bits per heavy atom. The summed E-state index contributed by atoms with van der Waals surface area (Å²) in [5.74, 6) is 0.230. The van der Waals surface area contributed by atoms with E-state index in [4.69, 9.17) is 0 Å². The number of fused-ring (bicyclic) bond motifs is 1. The van der Waals surface area contributed by atoms with Crippen LogP contribution in [0, 0.1) is 6.92 Å². The summed E-state index contributed by atoms with van der Waals surface area (Å²) in [6.07, 6.45) is 0. The number of aromatic hydroxyl groups is 1. The highest BCUT2D eigenvalue weighted by Crippen LogP contribution is 2.31. The largest absolute Gasteiger partial charge is 0.507 e. The molecule has 0 aliphatic rings. The predicted molar refractivity (Wildman–Crippen MR) is 70.3 cm³/mol. The van der Waals surface area contributed by atoms with Gasteiger partial charge in [0, 0.05) is 16.6 Å². The summed E-state index contributed by atoms with van der Waals surface area (Å²) in [5, 5.41) is 10.6. The third-order valence-electron chi connectivity index (χ3n) is 3.13. The van der Waals surface area contributed by atoms with E-state index in [2.05, 4.69) is 0 Å². The second kappa shape index (κ2) is 3.88. The van der Waals surface area contributed by atoms with Crippen molar-refractivity contribution >= 4 is 10.9 Å². The van der Waals surface area contributed by atoms with E-state index in [0.29, 0.717) is 16.0 Å². The molecule has 0 saturated heterocycles. The molecule has 3 rings (SSSR count). The molecule has 0 spiro atoms. The Balaban J connectivity index is 2.23. The first kappa shape index (κ1) is 10.8. The fourth-order valence-corrected chi connectivity index (χ4v) is 2.21. The molecule has 1 heterocycles. The van der Waals surface area contributed by atoms with Crippen LogP contribution in [0.2, 0.25) is 0 Å². The molecular weight excluding hydrogens is 229 g/mol. The van der Waals surface area contributed by atoms with Crippen molar-refractivity contribution in [2.24, 2.45) is 0 Å². The van der Waals surface area contributed by atoms with E-state index in [1.165, 1.54) is 0 Å². The van der Waals surface area contributed by atoms with Gasteiger partial charge in [-0.05, 0) is 36.8 Å². The van der Waals surface area contributed by atoms with Gasteiger partial charge >= 0.3 is 0 Å². The van der Waals surface area contributed by atoms with E-state index in [1.807, 2.05) is 24.3 Å². The highest BCUT2D eigenvalue weighted by atomic mass is 19.2. The zero-order chi connectivity index (χ0) is 12.7. The Morgan fingerprint density at radius 2 is 1.83 bits per heavy atom. The van der Waals surface area contributed by atoms with E-state index in [9.17, 15) is 9.59 Å². The van der Waals surface area contributed by atoms with Gasteiger partial charge in [-0.25, -0.2) is 0 Å². The Labute approximate surface area is 104 Å². The van der Waals surface area contributed by atoms with Crippen molar-refractivity contribution in [3.05, 3.63) is 54.2 Å². The van der Waals surface area contributed by atoms with E-state index in [0.717, 1.165) is 16.5 Å². The van der Waals surface area contributed by atoms with E-state index in [1.54, 1.807) is 31.2 Å². The maximum atomic E-state index is 13.6. The molecule has 3 heteroatoms. The molecule has 0 atom stereocenters. The fourth-order valence-electron chi connectivity index (χ4n) is 2.21. The number of hydrogen-bond donors (Lipinski definition) is 1. The monoisotopic (exact) mass is 241 g/mol. The molecule has 0 radical (unpaired) electrons. The SMILES string of the molecule is Cc1cc2cc(-c3ccccc3O)ccc2n1F. The van der Waals surface area contributed by atoms with Gasteiger partial charge in [0.25, 0.3) is 0 Å². The number of aryl methyl sites for hydroxylation is 1. The lowest BCUT2D eigenvalue weighted by molar-refractivity contribution is 0.378. The first-order valence-electron chi connectivity index (χ1n) is 5.73. The second-order valence-corrected chi connectivity index (χ2v) is 4.36. The molecule has 0 bridgehead atoms. The average Bonchev–Trinajstić information content (AvgIpc) is 2.65. The zero-order valence-electron chi connectivity index (χ0n) is 9.89. The summed E-state index contributed by atoms with van der Waals surface area (Å²) in [5.41, 5.74) is 2.75. The van der Waals surface area contributed by atoms with Gasteiger partial charge in [0.05, 0.1) is 5.52 Å². The number of hydrogen-bond acceptors (Lipinski definition) is 1. The third-order valence-corrected chi connectivity index (χ3v) is 3.13. The fraction of sp³-hybridized carbons (Fsp3) is 0.0667. The molecule has 0 aliphatic carbocycles. The first-order chi connectivity index (χ1) is 8.66. The Hall–Kier alpha value is -2.29. The number of halogens is 1. The van der Waals surface area contributed by atoms with E-state index in [-0.39, 0.29) is 5.75 Å². The molecule has 2 nitrogen and oxygen atoms in total. The minimum absolute atomic E-state index is 0.230. The molecule has 3 aromatic rings. The molecule has 18 heavy (non-hydrogen) atoms. The van der Waals surface area contributed by atoms with Crippen LogP contribution in [0.15, 0.2) is 48.5 Å². The molecule has 2 aromatic carbocycles. The van der Waals surface area contributed by atoms with Crippen LogP contribution in [0.4, 0.5) is 4.48 Å². The molecule has 90 valence electrons. The standard InChI is InChI=1S/C15H12FNO/c1-10-8-12-9-11(6-7-14(12)17(10)16)13-4-2-3-5-15(13)18/h2-9,18H,1H3. The predicted octanol–water partition coefficient (Wildman–Crippen LogP) is 4.05. The first-order valence-corrected chi connectivity index (χ1v) is 5.73. The minimum Gasteiger partial charge on any atom is -0.507 e. The van der Waals surface area contributed by atoms with Gasteiger partial charge in [-0.3, -0.25) is 0 Å². The quantitative estimate of drug-likeness (QED) is 0.683. The lowest BCUT2D eigenvalue weighted by atomic mass is 10.0. The van der Waals surface area contributed by atoms with Crippen molar-refractivity contribution in [2.45, 2.75) is 6.92 Å². The van der Waals surface area contributed by atoms with Gasteiger partial charge in [-0.1, -0.05) is 28.7 Å². The van der Waals surface area contributed by atoms with Crippen LogP contribution in [-0.4, -0.2) is 9.90 Å². The number of phenolic OH excluding ortho intramolecular Hbond substituents is 1. The van der Waals surface area contributed by atoms with Gasteiger partial charge in [-0.15, -0.1) is 0 Å². The van der Waals surface area contributed by atoms with Crippen LogP contribution >= 0.6 is 0 Å². The summed E-state index contributed by atoms with van der Waals surface area (Å²) < 4.78 is 13.6. The smallest absolute Gasteiger partial charge is 0.123 e. The maximum Gasteiger partial charge on any atom is 0.123 e. The number of benzene rings is 2. The number of rotatable bonds is 1. The number of nitrogens with zero attached hydrogens (tertiary/aromatic N) is 1. The summed E-state index contributed by atoms with van der Waals surface area (Å²) in [6.45, 7) is 1.72. The molecule has 0 unspecified atom stereocenters.